The number of ether oxygens (including phenoxy) is 1. The standard InChI is InChI=1S/C21H23Br2NO3/c1-2-27-19-10-9-16(23)13-17(19)20(14-6-5-7-15(22)12-14)24-11-4-3-8-18(24)21(25)26/h5-7,9-10,12-13,18,20H,2-4,8,11H2,1H3,(H,25,26). The Morgan fingerprint density at radius 3 is 2.70 bits per heavy atom. The van der Waals surface area contributed by atoms with Crippen molar-refractivity contribution in [1.82, 2.24) is 4.90 Å². The Balaban J connectivity index is 2.16. The second-order valence-corrected chi connectivity index (χ2v) is 8.49. The number of halogens is 2. The SMILES string of the molecule is CCOc1ccc(Br)cc1C(c1cccc(Br)c1)N1CCCCC1C(=O)O. The molecular weight excluding hydrogens is 474 g/mol. The van der Waals surface area contributed by atoms with E-state index in [1.165, 1.54) is 0 Å². The van der Waals surface area contributed by atoms with E-state index in [-0.39, 0.29) is 6.04 Å². The zero-order chi connectivity index (χ0) is 19.4. The molecular formula is C21H23Br2NO3. The Bertz CT molecular complexity index is 812. The first-order chi connectivity index (χ1) is 13.0. The smallest absolute Gasteiger partial charge is 0.320 e. The maximum atomic E-state index is 12.0. The van der Waals surface area contributed by atoms with Crippen molar-refractivity contribution in [2.75, 3.05) is 13.2 Å². The molecule has 6 heteroatoms. The van der Waals surface area contributed by atoms with Gasteiger partial charge in [-0.05, 0) is 62.2 Å². The topological polar surface area (TPSA) is 49.8 Å². The summed E-state index contributed by atoms with van der Waals surface area (Å²) in [5, 5.41) is 9.84. The molecule has 0 spiro atoms. The summed E-state index contributed by atoms with van der Waals surface area (Å²) in [7, 11) is 0. The highest BCUT2D eigenvalue weighted by atomic mass is 79.9. The van der Waals surface area contributed by atoms with Crippen molar-refractivity contribution < 1.29 is 14.6 Å². The minimum Gasteiger partial charge on any atom is -0.494 e. The van der Waals surface area contributed by atoms with Crippen LogP contribution in [0.1, 0.15) is 43.4 Å². The first-order valence-electron chi connectivity index (χ1n) is 9.17. The van der Waals surface area contributed by atoms with Gasteiger partial charge in [0.2, 0.25) is 0 Å². The number of hydrogen-bond acceptors (Lipinski definition) is 3. The summed E-state index contributed by atoms with van der Waals surface area (Å²) in [5.74, 6) is 0.0306. The first-order valence-corrected chi connectivity index (χ1v) is 10.8. The summed E-state index contributed by atoms with van der Waals surface area (Å²) in [6.07, 6.45) is 2.60. The average molecular weight is 497 g/mol. The van der Waals surface area contributed by atoms with E-state index < -0.39 is 12.0 Å². The molecule has 1 aliphatic heterocycles. The number of hydrogen-bond donors (Lipinski definition) is 1. The van der Waals surface area contributed by atoms with Gasteiger partial charge in [-0.1, -0.05) is 50.4 Å². The molecule has 3 rings (SSSR count). The van der Waals surface area contributed by atoms with Crippen LogP contribution in [0.25, 0.3) is 0 Å². The Morgan fingerprint density at radius 1 is 1.22 bits per heavy atom. The molecule has 4 nitrogen and oxygen atoms in total. The van der Waals surface area contributed by atoms with Crippen molar-refractivity contribution in [2.45, 2.75) is 38.3 Å². The van der Waals surface area contributed by atoms with Crippen LogP contribution in [0.3, 0.4) is 0 Å². The molecule has 27 heavy (non-hydrogen) atoms. The van der Waals surface area contributed by atoms with Gasteiger partial charge in [-0.15, -0.1) is 0 Å². The van der Waals surface area contributed by atoms with E-state index >= 15 is 0 Å². The third-order valence-corrected chi connectivity index (χ3v) is 5.88. The van der Waals surface area contributed by atoms with Crippen LogP contribution in [-0.4, -0.2) is 35.2 Å². The fourth-order valence-electron chi connectivity index (χ4n) is 3.77. The summed E-state index contributed by atoms with van der Waals surface area (Å²) in [4.78, 5) is 14.1. The maximum absolute atomic E-state index is 12.0. The Kier molecular flexibility index (Phi) is 6.95. The van der Waals surface area contributed by atoms with Gasteiger partial charge in [0.25, 0.3) is 0 Å². The minimum absolute atomic E-state index is 0.192. The molecule has 0 bridgehead atoms. The van der Waals surface area contributed by atoms with E-state index in [0.29, 0.717) is 13.0 Å². The monoisotopic (exact) mass is 495 g/mol. The van der Waals surface area contributed by atoms with Crippen LogP contribution >= 0.6 is 31.9 Å². The summed E-state index contributed by atoms with van der Waals surface area (Å²) < 4.78 is 7.83. The van der Waals surface area contributed by atoms with Gasteiger partial charge in [0, 0.05) is 14.5 Å². The summed E-state index contributed by atoms with van der Waals surface area (Å²) in [6.45, 7) is 3.26. The Labute approximate surface area is 176 Å². The average Bonchev–Trinajstić information content (AvgIpc) is 2.64. The van der Waals surface area contributed by atoms with E-state index in [1.54, 1.807) is 0 Å². The van der Waals surface area contributed by atoms with Crippen molar-refractivity contribution >= 4 is 37.8 Å². The van der Waals surface area contributed by atoms with Gasteiger partial charge in [0.05, 0.1) is 12.6 Å². The molecule has 0 radical (unpaired) electrons. The zero-order valence-corrected chi connectivity index (χ0v) is 18.4. The zero-order valence-electron chi connectivity index (χ0n) is 15.2. The molecule has 1 N–H and O–H groups in total. The van der Waals surface area contributed by atoms with Crippen LogP contribution in [0, 0.1) is 0 Å². The number of likely N-dealkylation sites (tertiary alicyclic amines) is 1. The third kappa shape index (κ3) is 4.73. The highest BCUT2D eigenvalue weighted by molar-refractivity contribution is 9.10. The molecule has 2 aromatic carbocycles. The number of piperidine rings is 1. The lowest BCUT2D eigenvalue weighted by Gasteiger charge is -2.40. The number of carbonyl (C=O) groups is 1. The van der Waals surface area contributed by atoms with Crippen molar-refractivity contribution in [1.29, 1.82) is 0 Å². The Hall–Kier alpha value is -1.37. The molecule has 0 aromatic heterocycles. The number of benzene rings is 2. The van der Waals surface area contributed by atoms with Gasteiger partial charge in [0.15, 0.2) is 0 Å². The van der Waals surface area contributed by atoms with Crippen LogP contribution in [0.2, 0.25) is 0 Å². The lowest BCUT2D eigenvalue weighted by molar-refractivity contribution is -0.145. The summed E-state index contributed by atoms with van der Waals surface area (Å²) in [6, 6.07) is 13.4. The van der Waals surface area contributed by atoms with E-state index in [2.05, 4.69) is 48.9 Å². The van der Waals surface area contributed by atoms with Crippen LogP contribution in [0.15, 0.2) is 51.4 Å². The van der Waals surface area contributed by atoms with Crippen LogP contribution in [0.5, 0.6) is 5.75 Å². The first kappa shape index (κ1) is 20.4. The van der Waals surface area contributed by atoms with Gasteiger partial charge >= 0.3 is 5.97 Å². The number of nitrogens with zero attached hydrogens (tertiary/aromatic N) is 1. The predicted octanol–water partition coefficient (Wildman–Crippen LogP) is 5.64. The lowest BCUT2D eigenvalue weighted by atomic mass is 9.91. The quantitative estimate of drug-likeness (QED) is 0.562. The van der Waals surface area contributed by atoms with Crippen molar-refractivity contribution in [3.63, 3.8) is 0 Å². The Morgan fingerprint density at radius 2 is 2.00 bits per heavy atom. The van der Waals surface area contributed by atoms with E-state index in [4.69, 9.17) is 4.74 Å². The van der Waals surface area contributed by atoms with E-state index in [1.807, 2.05) is 37.3 Å². The third-order valence-electron chi connectivity index (χ3n) is 4.89. The summed E-state index contributed by atoms with van der Waals surface area (Å²) in [5.41, 5.74) is 2.04. The van der Waals surface area contributed by atoms with Gasteiger partial charge in [0.1, 0.15) is 11.8 Å². The molecule has 1 aliphatic rings. The molecule has 0 saturated carbocycles. The van der Waals surface area contributed by atoms with Crippen molar-refractivity contribution in [2.24, 2.45) is 0 Å². The number of carboxylic acid groups (broad SMARTS) is 1. The van der Waals surface area contributed by atoms with Gasteiger partial charge in [-0.25, -0.2) is 0 Å². The van der Waals surface area contributed by atoms with Crippen LogP contribution in [-0.2, 0) is 4.79 Å². The van der Waals surface area contributed by atoms with Gasteiger partial charge in [-0.3, -0.25) is 9.69 Å². The largest absolute Gasteiger partial charge is 0.494 e. The van der Waals surface area contributed by atoms with Crippen LogP contribution < -0.4 is 4.74 Å². The van der Waals surface area contributed by atoms with Gasteiger partial charge < -0.3 is 9.84 Å². The maximum Gasteiger partial charge on any atom is 0.320 e. The molecule has 1 heterocycles. The molecule has 0 amide bonds. The van der Waals surface area contributed by atoms with Crippen molar-refractivity contribution in [3.8, 4) is 5.75 Å². The highest BCUT2D eigenvalue weighted by Gasteiger charge is 2.36. The van der Waals surface area contributed by atoms with Crippen molar-refractivity contribution in [3.05, 3.63) is 62.5 Å². The summed E-state index contributed by atoms with van der Waals surface area (Å²) >= 11 is 7.13. The molecule has 2 atom stereocenters. The number of carboxylic acids is 1. The molecule has 144 valence electrons. The van der Waals surface area contributed by atoms with E-state index in [0.717, 1.165) is 45.2 Å². The second-order valence-electron chi connectivity index (χ2n) is 6.66. The van der Waals surface area contributed by atoms with E-state index in [9.17, 15) is 9.90 Å². The van der Waals surface area contributed by atoms with Gasteiger partial charge in [-0.2, -0.15) is 0 Å². The van der Waals surface area contributed by atoms with Crippen LogP contribution in [0.4, 0.5) is 0 Å². The fraction of sp³-hybridized carbons (Fsp3) is 0.381. The fourth-order valence-corrected chi connectivity index (χ4v) is 4.57. The number of aliphatic carboxylic acids is 1. The lowest BCUT2D eigenvalue weighted by Crippen LogP contribution is -2.47. The normalized spacial score (nSPS) is 18.9. The number of rotatable bonds is 6. The highest BCUT2D eigenvalue weighted by Crippen LogP contribution is 2.40. The molecule has 1 saturated heterocycles. The molecule has 2 aromatic rings. The minimum atomic E-state index is -0.761. The molecule has 2 unspecified atom stereocenters. The molecule has 0 aliphatic carbocycles. The molecule has 1 fully saturated rings. The predicted molar refractivity (Wildman–Crippen MR) is 113 cm³/mol. The second kappa shape index (κ2) is 9.22.